The molecule has 0 radical (unpaired) electrons. The number of carbonyl (C=O) groups excluding carboxylic acids is 3. The van der Waals surface area contributed by atoms with Gasteiger partial charge in [-0.15, -0.1) is 0 Å². The molecule has 6 rings (SSSR count). The zero-order valence-electron chi connectivity index (χ0n) is 22.7. The third-order valence-corrected chi connectivity index (χ3v) is 6.59. The Morgan fingerprint density at radius 1 is 1.00 bits per heavy atom. The predicted octanol–water partition coefficient (Wildman–Crippen LogP) is 3.53. The Hall–Kier alpha value is -4.99. The van der Waals surface area contributed by atoms with E-state index in [0.717, 1.165) is 29.7 Å². The van der Waals surface area contributed by atoms with E-state index in [0.29, 0.717) is 31.2 Å². The highest BCUT2D eigenvalue weighted by molar-refractivity contribution is 6.38. The molecule has 2 N–H and O–H groups in total. The lowest BCUT2D eigenvalue weighted by Gasteiger charge is -2.18. The molecule has 0 saturated heterocycles. The topological polar surface area (TPSA) is 124 Å². The molecule has 1 atom stereocenters. The van der Waals surface area contributed by atoms with Gasteiger partial charge in [-0.2, -0.15) is 5.10 Å². The highest BCUT2D eigenvalue weighted by Crippen LogP contribution is 2.24. The first-order valence-corrected chi connectivity index (χ1v) is 13.6. The number of hydrogen-bond donors (Lipinski definition) is 2. The molecule has 210 valence electrons. The number of carbonyl (C=O) groups is 3. The van der Waals surface area contributed by atoms with E-state index in [2.05, 4.69) is 20.7 Å². The van der Waals surface area contributed by atoms with Crippen molar-refractivity contribution >= 4 is 17.6 Å². The Labute approximate surface area is 237 Å². The van der Waals surface area contributed by atoms with E-state index in [9.17, 15) is 14.4 Å². The number of nitrogens with zero attached hydrogens (tertiary/aromatic N) is 3. The number of fused-ring (bicyclic) bond motifs is 10. The number of benzene rings is 2. The number of Topliss-reactive ketones (excluding diaryl/α,β-unsaturated/α-hetero) is 1. The molecule has 0 aliphatic carbocycles. The van der Waals surface area contributed by atoms with Crippen LogP contribution in [0.5, 0.6) is 11.5 Å². The summed E-state index contributed by atoms with van der Waals surface area (Å²) in [5.41, 5.74) is 2.50. The van der Waals surface area contributed by atoms with Crippen LogP contribution in [-0.4, -0.2) is 58.2 Å². The van der Waals surface area contributed by atoms with Gasteiger partial charge in [0.05, 0.1) is 24.5 Å². The van der Waals surface area contributed by atoms with Crippen LogP contribution in [0.1, 0.15) is 35.7 Å². The van der Waals surface area contributed by atoms with E-state index in [-0.39, 0.29) is 17.8 Å². The smallest absolute Gasteiger partial charge is 0.289 e. The normalized spacial score (nSPS) is 15.6. The van der Waals surface area contributed by atoms with Crippen molar-refractivity contribution in [2.75, 3.05) is 19.8 Å². The molecular formula is C31H31N5O5. The molecule has 41 heavy (non-hydrogen) atoms. The minimum absolute atomic E-state index is 0.122. The van der Waals surface area contributed by atoms with Crippen LogP contribution in [0.4, 0.5) is 0 Å². The molecule has 4 aromatic rings. The van der Waals surface area contributed by atoms with Gasteiger partial charge >= 0.3 is 0 Å². The fourth-order valence-electron chi connectivity index (χ4n) is 4.49. The highest BCUT2D eigenvalue weighted by Gasteiger charge is 2.28. The monoisotopic (exact) mass is 553 g/mol. The van der Waals surface area contributed by atoms with E-state index in [1.54, 1.807) is 31.5 Å². The van der Waals surface area contributed by atoms with Crippen LogP contribution in [0.3, 0.4) is 0 Å². The number of ether oxygens (including phenoxy) is 2. The minimum atomic E-state index is -1.09. The molecule has 2 aliphatic heterocycles. The number of aromatic nitrogens is 3. The highest BCUT2D eigenvalue weighted by atomic mass is 16.5. The summed E-state index contributed by atoms with van der Waals surface area (Å²) in [5.74, 6) is -0.325. The number of nitrogens with one attached hydrogen (secondary N) is 2. The van der Waals surface area contributed by atoms with Gasteiger partial charge in [0.1, 0.15) is 17.5 Å². The van der Waals surface area contributed by atoms with Gasteiger partial charge in [0.2, 0.25) is 5.78 Å². The van der Waals surface area contributed by atoms with Crippen molar-refractivity contribution in [3.63, 3.8) is 0 Å². The molecule has 10 nitrogen and oxygen atoms in total. The average molecular weight is 554 g/mol. The summed E-state index contributed by atoms with van der Waals surface area (Å²) in [6.07, 6.45) is 5.04. The van der Waals surface area contributed by atoms with Crippen molar-refractivity contribution in [1.29, 1.82) is 0 Å². The van der Waals surface area contributed by atoms with Crippen molar-refractivity contribution in [1.82, 2.24) is 25.4 Å². The zero-order valence-corrected chi connectivity index (χ0v) is 22.7. The maximum atomic E-state index is 13.6. The quantitative estimate of drug-likeness (QED) is 0.372. The maximum Gasteiger partial charge on any atom is 0.289 e. The lowest BCUT2D eigenvalue weighted by atomic mass is 10.0. The molecule has 4 heterocycles. The molecule has 0 spiro atoms. The van der Waals surface area contributed by atoms with Crippen molar-refractivity contribution < 1.29 is 23.9 Å². The summed E-state index contributed by atoms with van der Waals surface area (Å²) in [4.78, 5) is 43.5. The van der Waals surface area contributed by atoms with E-state index in [4.69, 9.17) is 9.47 Å². The first-order valence-electron chi connectivity index (χ1n) is 13.6. The molecule has 2 aromatic carbocycles. The Kier molecular flexibility index (Phi) is 8.68. The van der Waals surface area contributed by atoms with Gasteiger partial charge in [0, 0.05) is 30.9 Å². The third kappa shape index (κ3) is 6.78. The third-order valence-electron chi connectivity index (χ3n) is 6.59. The van der Waals surface area contributed by atoms with Gasteiger partial charge in [-0.25, -0.2) is 9.67 Å². The Bertz CT molecular complexity index is 1530. The number of hydrogen-bond acceptors (Lipinski definition) is 7. The minimum Gasteiger partial charge on any atom is -0.494 e. The average Bonchev–Trinajstić information content (AvgIpc) is 3.49. The number of likely N-dealkylation sites (N-methyl/N-ethyl adjacent to an activating group) is 1. The second-order valence-corrected chi connectivity index (χ2v) is 9.55. The van der Waals surface area contributed by atoms with Crippen LogP contribution in [0, 0.1) is 0 Å². The summed E-state index contributed by atoms with van der Waals surface area (Å²) >= 11 is 0. The lowest BCUT2D eigenvalue weighted by molar-refractivity contribution is -0.138. The molecule has 2 aromatic heterocycles. The van der Waals surface area contributed by atoms with Crippen LogP contribution >= 0.6 is 0 Å². The first-order chi connectivity index (χ1) is 20.0. The van der Waals surface area contributed by atoms with Gasteiger partial charge in [-0.1, -0.05) is 24.3 Å². The Morgan fingerprint density at radius 3 is 2.56 bits per heavy atom. The van der Waals surface area contributed by atoms with Crippen molar-refractivity contribution in [3.8, 4) is 28.6 Å². The van der Waals surface area contributed by atoms with Crippen LogP contribution in [-0.2, 0) is 16.0 Å². The van der Waals surface area contributed by atoms with Crippen molar-refractivity contribution in [2.45, 2.75) is 32.2 Å². The van der Waals surface area contributed by atoms with Crippen molar-refractivity contribution in [3.05, 3.63) is 90.3 Å². The molecule has 0 fully saturated rings. The van der Waals surface area contributed by atoms with E-state index in [1.165, 1.54) is 4.68 Å². The second kappa shape index (κ2) is 12.9. The van der Waals surface area contributed by atoms with Gasteiger partial charge in [-0.05, 0) is 67.8 Å². The predicted molar refractivity (Wildman–Crippen MR) is 152 cm³/mol. The Balaban J connectivity index is 1.50. The molecule has 6 bridgehead atoms. The van der Waals surface area contributed by atoms with E-state index < -0.39 is 23.6 Å². The zero-order chi connectivity index (χ0) is 28.6. The van der Waals surface area contributed by atoms with E-state index >= 15 is 0 Å². The van der Waals surface area contributed by atoms with Gasteiger partial charge in [-0.3, -0.25) is 14.4 Å². The number of ketones is 1. The second-order valence-electron chi connectivity index (χ2n) is 9.55. The summed E-state index contributed by atoms with van der Waals surface area (Å²) in [5, 5.41) is 9.95. The summed E-state index contributed by atoms with van der Waals surface area (Å²) in [7, 11) is 0. The number of amides is 2. The van der Waals surface area contributed by atoms with Gasteiger partial charge in [0.15, 0.2) is 5.82 Å². The fourth-order valence-corrected chi connectivity index (χ4v) is 4.49. The van der Waals surface area contributed by atoms with Crippen LogP contribution in [0.25, 0.3) is 17.1 Å². The largest absolute Gasteiger partial charge is 0.494 e. The fraction of sp³-hybridized carbons (Fsp3) is 0.258. The number of pyridine rings is 1. The first kappa shape index (κ1) is 27.6. The van der Waals surface area contributed by atoms with Crippen LogP contribution in [0.2, 0.25) is 0 Å². The lowest BCUT2D eigenvalue weighted by Crippen LogP contribution is -2.48. The van der Waals surface area contributed by atoms with Crippen molar-refractivity contribution in [2.24, 2.45) is 0 Å². The van der Waals surface area contributed by atoms with E-state index in [1.807, 2.05) is 54.6 Å². The Morgan fingerprint density at radius 2 is 1.78 bits per heavy atom. The van der Waals surface area contributed by atoms with Crippen LogP contribution in [0.15, 0.2) is 79.1 Å². The standard InChI is InChI=1S/C31H31N5O5/c1-2-32-31(39)28(37)27-19-21-10-12-23(13-11-21)40-17-3-4-18-41-24-8-5-7-22(20-24)26-14-16-36(35-26)29-25(30(38)34-27)9-6-15-33-29/h5-16,20,27H,2-4,17-19H2,1H3,(H,32,39)(H,34,38)/t27-/m0/s1. The summed E-state index contributed by atoms with van der Waals surface area (Å²) < 4.78 is 13.3. The maximum absolute atomic E-state index is 13.6. The molecule has 0 unspecified atom stereocenters. The SMILES string of the molecule is CCNC(=O)C(=O)[C@@H]1Cc2ccc(cc2)OCCCCOc2cccc(c2)-c2ccn(n2)-c2ncccc2C(=O)N1. The summed E-state index contributed by atoms with van der Waals surface area (Å²) in [6, 6.07) is 18.9. The van der Waals surface area contributed by atoms with Gasteiger partial charge in [0.25, 0.3) is 11.8 Å². The molecular weight excluding hydrogens is 522 g/mol. The number of rotatable bonds is 3. The van der Waals surface area contributed by atoms with Gasteiger partial charge < -0.3 is 20.1 Å². The molecule has 2 amide bonds. The summed E-state index contributed by atoms with van der Waals surface area (Å²) in [6.45, 7) is 3.10. The van der Waals surface area contributed by atoms with Crippen LogP contribution < -0.4 is 20.1 Å². The molecule has 0 saturated carbocycles. The molecule has 2 aliphatic rings. The molecule has 10 heteroatoms.